The predicted octanol–water partition coefficient (Wildman–Crippen LogP) is 3.58. The maximum absolute atomic E-state index is 13.6. The molecule has 14 heteroatoms. The van der Waals surface area contributed by atoms with Crippen LogP contribution >= 0.6 is 15.9 Å². The van der Waals surface area contributed by atoms with Gasteiger partial charge in [0.2, 0.25) is 0 Å². The van der Waals surface area contributed by atoms with Crippen molar-refractivity contribution in [2.45, 2.75) is 44.6 Å². The van der Waals surface area contributed by atoms with Crippen molar-refractivity contribution in [1.82, 2.24) is 29.1 Å². The molecule has 2 amide bonds. The number of hydrogen-bond donors (Lipinski definition) is 2. The molecule has 3 N–H and O–H groups in total. The molecule has 0 radical (unpaired) electrons. The number of hydrogen-bond acceptors (Lipinski definition) is 6. The highest BCUT2D eigenvalue weighted by Gasteiger charge is 2.38. The van der Waals surface area contributed by atoms with E-state index in [0.717, 1.165) is 25.9 Å². The first-order valence-corrected chi connectivity index (χ1v) is 13.8. The first-order chi connectivity index (χ1) is 19.0. The number of halogens is 4. The molecule has 5 rings (SSSR count). The van der Waals surface area contributed by atoms with Gasteiger partial charge >= 0.3 is 6.18 Å². The molecule has 10 nitrogen and oxygen atoms in total. The van der Waals surface area contributed by atoms with Gasteiger partial charge in [-0.05, 0) is 53.9 Å². The Labute approximate surface area is 237 Å². The fourth-order valence-corrected chi connectivity index (χ4v) is 5.74. The summed E-state index contributed by atoms with van der Waals surface area (Å²) in [4.78, 5) is 34.4. The van der Waals surface area contributed by atoms with Gasteiger partial charge in [0.05, 0.1) is 23.0 Å². The zero-order valence-electron chi connectivity index (χ0n) is 22.1. The number of aromatic nitrogens is 4. The van der Waals surface area contributed by atoms with Crippen molar-refractivity contribution in [3.63, 3.8) is 0 Å². The van der Waals surface area contributed by atoms with Crippen molar-refractivity contribution in [3.05, 3.63) is 52.1 Å². The van der Waals surface area contributed by atoms with E-state index in [9.17, 15) is 22.8 Å². The third-order valence-corrected chi connectivity index (χ3v) is 8.20. The lowest BCUT2D eigenvalue weighted by Gasteiger charge is -2.45. The van der Waals surface area contributed by atoms with Crippen LogP contribution in [0.15, 0.2) is 35.1 Å². The number of anilines is 1. The average Bonchev–Trinajstić information content (AvgIpc) is 3.50. The molecule has 3 heterocycles. The summed E-state index contributed by atoms with van der Waals surface area (Å²) in [6, 6.07) is 5.66. The first-order valence-electron chi connectivity index (χ1n) is 13.0. The Morgan fingerprint density at radius 2 is 1.88 bits per heavy atom. The lowest BCUT2D eigenvalue weighted by atomic mass is 9.86. The molecule has 40 heavy (non-hydrogen) atoms. The molecule has 3 aromatic rings. The average molecular weight is 623 g/mol. The SMILES string of the molecule is CCn1cc(-c2cnc(C(=O)Nc3ccc(C(=O)N4CCN(C5CC(N)C5)CC4)c(Br)c3)n2C)c(C(F)(F)F)n1. The highest BCUT2D eigenvalue weighted by atomic mass is 79.9. The van der Waals surface area contributed by atoms with Crippen LogP contribution in [0.4, 0.5) is 18.9 Å². The zero-order chi connectivity index (χ0) is 28.8. The maximum Gasteiger partial charge on any atom is 0.435 e. The summed E-state index contributed by atoms with van der Waals surface area (Å²) in [6.07, 6.45) is -0.143. The molecule has 214 valence electrons. The summed E-state index contributed by atoms with van der Waals surface area (Å²) in [5.74, 6) is -0.784. The van der Waals surface area contributed by atoms with Gasteiger partial charge in [-0.15, -0.1) is 0 Å². The molecular weight excluding hydrogens is 593 g/mol. The molecule has 2 fully saturated rings. The number of alkyl halides is 3. The highest BCUT2D eigenvalue weighted by molar-refractivity contribution is 9.10. The summed E-state index contributed by atoms with van der Waals surface area (Å²) in [5.41, 5.74) is 5.70. The van der Waals surface area contributed by atoms with Crippen molar-refractivity contribution in [3.8, 4) is 11.3 Å². The van der Waals surface area contributed by atoms with Crippen LogP contribution in [-0.2, 0) is 19.8 Å². The Hall–Kier alpha value is -3.23. The molecule has 1 aliphatic carbocycles. The van der Waals surface area contributed by atoms with Crippen LogP contribution in [0.1, 0.15) is 46.4 Å². The van der Waals surface area contributed by atoms with Crippen molar-refractivity contribution in [2.75, 3.05) is 31.5 Å². The summed E-state index contributed by atoms with van der Waals surface area (Å²) < 4.78 is 43.7. The fraction of sp³-hybridized carbons (Fsp3) is 0.462. The quantitative estimate of drug-likeness (QED) is 0.434. The van der Waals surface area contributed by atoms with E-state index in [1.54, 1.807) is 25.1 Å². The Balaban J connectivity index is 1.26. The van der Waals surface area contributed by atoms with Gasteiger partial charge in [-0.2, -0.15) is 18.3 Å². The number of carbonyl (C=O) groups is 2. The van der Waals surface area contributed by atoms with Crippen LogP contribution in [0, 0.1) is 0 Å². The molecule has 1 aromatic carbocycles. The third kappa shape index (κ3) is 5.52. The lowest BCUT2D eigenvalue weighted by Crippen LogP contribution is -2.57. The van der Waals surface area contributed by atoms with Gasteiger partial charge in [0.15, 0.2) is 11.5 Å². The summed E-state index contributed by atoms with van der Waals surface area (Å²) in [5, 5.41) is 6.34. The summed E-state index contributed by atoms with van der Waals surface area (Å²) in [6.45, 7) is 4.82. The topological polar surface area (TPSA) is 114 Å². The molecule has 0 spiro atoms. The lowest BCUT2D eigenvalue weighted by molar-refractivity contribution is -0.141. The van der Waals surface area contributed by atoms with E-state index in [2.05, 4.69) is 36.2 Å². The van der Waals surface area contributed by atoms with Gasteiger partial charge in [0.1, 0.15) is 0 Å². The number of nitrogens with two attached hydrogens (primary N) is 1. The van der Waals surface area contributed by atoms with E-state index >= 15 is 0 Å². The normalized spacial score (nSPS) is 19.9. The second kappa shape index (κ2) is 11.0. The monoisotopic (exact) mass is 622 g/mol. The molecule has 2 aliphatic rings. The number of amides is 2. The van der Waals surface area contributed by atoms with Crippen molar-refractivity contribution >= 4 is 33.4 Å². The Morgan fingerprint density at radius 3 is 2.48 bits per heavy atom. The van der Waals surface area contributed by atoms with Crippen LogP contribution in [0.5, 0.6) is 0 Å². The summed E-state index contributed by atoms with van der Waals surface area (Å²) >= 11 is 3.45. The van der Waals surface area contributed by atoms with Gasteiger partial charge in [-0.1, -0.05) is 0 Å². The van der Waals surface area contributed by atoms with E-state index in [4.69, 9.17) is 5.73 Å². The van der Waals surface area contributed by atoms with Crippen LogP contribution < -0.4 is 11.1 Å². The number of benzene rings is 1. The zero-order valence-corrected chi connectivity index (χ0v) is 23.7. The smallest absolute Gasteiger partial charge is 0.336 e. The molecule has 0 atom stereocenters. The number of aryl methyl sites for hydroxylation is 1. The molecule has 0 bridgehead atoms. The molecule has 1 saturated carbocycles. The van der Waals surface area contributed by atoms with Crippen LogP contribution in [-0.4, -0.2) is 79.2 Å². The van der Waals surface area contributed by atoms with Crippen LogP contribution in [0.2, 0.25) is 0 Å². The maximum atomic E-state index is 13.6. The van der Waals surface area contributed by atoms with Gasteiger partial charge in [-0.3, -0.25) is 19.2 Å². The molecule has 1 aliphatic heterocycles. The Bertz CT molecular complexity index is 1420. The number of nitrogens with zero attached hydrogens (tertiary/aromatic N) is 6. The molecule has 1 saturated heterocycles. The van der Waals surface area contributed by atoms with E-state index in [-0.39, 0.29) is 35.6 Å². The summed E-state index contributed by atoms with van der Waals surface area (Å²) in [7, 11) is 1.47. The van der Waals surface area contributed by atoms with Gasteiger partial charge in [0.25, 0.3) is 11.8 Å². The molecule has 0 unspecified atom stereocenters. The largest absolute Gasteiger partial charge is 0.435 e. The van der Waals surface area contributed by atoms with Crippen molar-refractivity contribution < 1.29 is 22.8 Å². The number of imidazole rings is 1. The van der Waals surface area contributed by atoms with E-state index in [1.807, 2.05) is 4.90 Å². The number of carbonyl (C=O) groups excluding carboxylic acids is 2. The third-order valence-electron chi connectivity index (χ3n) is 7.55. The fourth-order valence-electron chi connectivity index (χ4n) is 5.19. The minimum atomic E-state index is -4.66. The van der Waals surface area contributed by atoms with E-state index < -0.39 is 17.8 Å². The second-order valence-electron chi connectivity index (χ2n) is 10.1. The van der Waals surface area contributed by atoms with Crippen LogP contribution in [0.25, 0.3) is 11.3 Å². The Kier molecular flexibility index (Phi) is 7.77. The predicted molar refractivity (Wildman–Crippen MR) is 146 cm³/mol. The Morgan fingerprint density at radius 1 is 1.18 bits per heavy atom. The van der Waals surface area contributed by atoms with E-state index in [1.165, 1.54) is 28.7 Å². The highest BCUT2D eigenvalue weighted by Crippen LogP contribution is 2.36. The minimum Gasteiger partial charge on any atom is -0.336 e. The van der Waals surface area contributed by atoms with Gasteiger partial charge < -0.3 is 20.5 Å². The first kappa shape index (κ1) is 28.3. The standard InChI is InChI=1S/C26H30BrF3N8O2/c1-3-38-14-19(22(34-38)26(28,29)30)21-13-32-23(35(21)2)24(39)33-16-4-5-18(20(27)12-16)25(40)37-8-6-36(7-9-37)17-10-15(31)11-17/h4-5,12-15,17H,3,6-11,31H2,1-2H3,(H,33,39). The van der Waals surface area contributed by atoms with Gasteiger partial charge in [0, 0.05) is 68.2 Å². The van der Waals surface area contributed by atoms with Crippen LogP contribution in [0.3, 0.4) is 0 Å². The van der Waals surface area contributed by atoms with E-state index in [0.29, 0.717) is 34.9 Å². The number of piperazine rings is 1. The number of rotatable bonds is 6. The van der Waals surface area contributed by atoms with Gasteiger partial charge in [-0.25, -0.2) is 4.98 Å². The van der Waals surface area contributed by atoms with Crippen molar-refractivity contribution in [1.29, 1.82) is 0 Å². The van der Waals surface area contributed by atoms with Crippen molar-refractivity contribution in [2.24, 2.45) is 12.8 Å². The minimum absolute atomic E-state index is 0.0751. The molecular formula is C26H30BrF3N8O2. The number of nitrogens with one attached hydrogen (secondary N) is 1. The molecule has 2 aromatic heterocycles. The second-order valence-corrected chi connectivity index (χ2v) is 11.0.